The predicted octanol–water partition coefficient (Wildman–Crippen LogP) is 2.98. The maximum atomic E-state index is 11.9. The molecule has 4 heteroatoms. The maximum Gasteiger partial charge on any atom is 0.223 e. The fourth-order valence-corrected chi connectivity index (χ4v) is 2.80. The third-order valence-corrected chi connectivity index (χ3v) is 4.44. The molecule has 116 valence electrons. The Bertz CT molecular complexity index is 458. The lowest BCUT2D eigenvalue weighted by Crippen LogP contribution is -2.40. The highest BCUT2D eigenvalue weighted by molar-refractivity contribution is 5.76. The van der Waals surface area contributed by atoms with E-state index in [2.05, 4.69) is 19.2 Å². The van der Waals surface area contributed by atoms with Crippen molar-refractivity contribution in [3.8, 4) is 5.75 Å². The summed E-state index contributed by atoms with van der Waals surface area (Å²) < 4.78 is 5.54. The van der Waals surface area contributed by atoms with Gasteiger partial charge in [-0.3, -0.25) is 4.79 Å². The van der Waals surface area contributed by atoms with Crippen LogP contribution in [0.1, 0.15) is 39.5 Å². The van der Waals surface area contributed by atoms with Gasteiger partial charge in [-0.1, -0.05) is 13.8 Å². The third kappa shape index (κ3) is 4.96. The standard InChI is InChI=1S/C17H26N2O2/c1-12-3-6-15(11-13(12)2)19-17(20)9-10-21-16-7-4-14(18)5-8-16/h4-5,7-8,12-13,15H,3,6,9-11,18H2,1-2H3,(H,19,20). The second-order valence-corrected chi connectivity index (χ2v) is 6.20. The summed E-state index contributed by atoms with van der Waals surface area (Å²) in [4.78, 5) is 11.9. The molecule has 4 nitrogen and oxygen atoms in total. The van der Waals surface area contributed by atoms with Gasteiger partial charge in [0.15, 0.2) is 0 Å². The minimum atomic E-state index is 0.0807. The molecular formula is C17H26N2O2. The Kier molecular flexibility index (Phi) is 5.48. The number of rotatable bonds is 5. The predicted molar refractivity (Wildman–Crippen MR) is 85.1 cm³/mol. The van der Waals surface area contributed by atoms with Crippen molar-refractivity contribution in [2.45, 2.75) is 45.6 Å². The number of nitrogens with two attached hydrogens (primary N) is 1. The van der Waals surface area contributed by atoms with Gasteiger partial charge in [-0.05, 0) is 55.4 Å². The topological polar surface area (TPSA) is 64.3 Å². The normalized spacial score (nSPS) is 25.3. The van der Waals surface area contributed by atoms with Crippen LogP contribution in [0.5, 0.6) is 5.75 Å². The molecule has 1 fully saturated rings. The fourth-order valence-electron chi connectivity index (χ4n) is 2.80. The second-order valence-electron chi connectivity index (χ2n) is 6.20. The first-order valence-corrected chi connectivity index (χ1v) is 7.82. The molecule has 2 rings (SSSR count). The summed E-state index contributed by atoms with van der Waals surface area (Å²) in [5.74, 6) is 2.29. The molecule has 0 aromatic heterocycles. The van der Waals surface area contributed by atoms with Gasteiger partial charge < -0.3 is 15.8 Å². The Balaban J connectivity index is 1.67. The molecule has 0 heterocycles. The van der Waals surface area contributed by atoms with Crippen molar-refractivity contribution < 1.29 is 9.53 Å². The Hall–Kier alpha value is -1.71. The number of nitrogen functional groups attached to an aromatic ring is 1. The van der Waals surface area contributed by atoms with Crippen LogP contribution in [0.2, 0.25) is 0 Å². The average molecular weight is 290 g/mol. The molecule has 0 bridgehead atoms. The van der Waals surface area contributed by atoms with Gasteiger partial charge in [0.25, 0.3) is 0 Å². The van der Waals surface area contributed by atoms with E-state index in [1.165, 1.54) is 6.42 Å². The Labute approximate surface area is 127 Å². The van der Waals surface area contributed by atoms with Crippen molar-refractivity contribution in [3.63, 3.8) is 0 Å². The van der Waals surface area contributed by atoms with E-state index in [9.17, 15) is 4.79 Å². The van der Waals surface area contributed by atoms with Crippen LogP contribution >= 0.6 is 0 Å². The van der Waals surface area contributed by atoms with Crippen LogP contribution < -0.4 is 15.8 Å². The van der Waals surface area contributed by atoms with E-state index in [0.29, 0.717) is 30.7 Å². The van der Waals surface area contributed by atoms with Gasteiger partial charge in [-0.15, -0.1) is 0 Å². The molecule has 0 aliphatic heterocycles. The van der Waals surface area contributed by atoms with Crippen molar-refractivity contribution in [3.05, 3.63) is 24.3 Å². The minimum absolute atomic E-state index is 0.0807. The first-order valence-electron chi connectivity index (χ1n) is 7.82. The smallest absolute Gasteiger partial charge is 0.223 e. The summed E-state index contributed by atoms with van der Waals surface area (Å²) in [6, 6.07) is 7.55. The van der Waals surface area contributed by atoms with Gasteiger partial charge >= 0.3 is 0 Å². The largest absolute Gasteiger partial charge is 0.493 e. The van der Waals surface area contributed by atoms with E-state index >= 15 is 0 Å². The molecule has 1 aromatic carbocycles. The van der Waals surface area contributed by atoms with Crippen molar-refractivity contribution in [1.82, 2.24) is 5.32 Å². The van der Waals surface area contributed by atoms with Gasteiger partial charge in [0.05, 0.1) is 13.0 Å². The van der Waals surface area contributed by atoms with Crippen molar-refractivity contribution in [1.29, 1.82) is 0 Å². The summed E-state index contributed by atoms with van der Waals surface area (Å²) in [7, 11) is 0. The molecule has 21 heavy (non-hydrogen) atoms. The average Bonchev–Trinajstić information content (AvgIpc) is 2.45. The van der Waals surface area contributed by atoms with Crippen LogP contribution in [-0.4, -0.2) is 18.6 Å². The van der Waals surface area contributed by atoms with E-state index in [-0.39, 0.29) is 5.91 Å². The summed E-state index contributed by atoms with van der Waals surface area (Å²) >= 11 is 0. The molecule has 3 atom stereocenters. The Morgan fingerprint density at radius 1 is 1.24 bits per heavy atom. The number of carbonyl (C=O) groups excluding carboxylic acids is 1. The Morgan fingerprint density at radius 3 is 2.62 bits per heavy atom. The number of carbonyl (C=O) groups is 1. The number of ether oxygens (including phenoxy) is 1. The van der Waals surface area contributed by atoms with Crippen LogP contribution in [0.4, 0.5) is 5.69 Å². The number of amides is 1. The van der Waals surface area contributed by atoms with Crippen LogP contribution in [0.3, 0.4) is 0 Å². The van der Waals surface area contributed by atoms with E-state index in [0.717, 1.165) is 24.5 Å². The number of anilines is 1. The molecular weight excluding hydrogens is 264 g/mol. The molecule has 3 N–H and O–H groups in total. The Morgan fingerprint density at radius 2 is 1.95 bits per heavy atom. The molecule has 1 saturated carbocycles. The van der Waals surface area contributed by atoms with Gasteiger partial charge in [0.2, 0.25) is 5.91 Å². The lowest BCUT2D eigenvalue weighted by molar-refractivity contribution is -0.122. The lowest BCUT2D eigenvalue weighted by atomic mass is 9.79. The van der Waals surface area contributed by atoms with E-state index in [1.807, 2.05) is 12.1 Å². The summed E-state index contributed by atoms with van der Waals surface area (Å²) in [6.07, 6.45) is 3.78. The van der Waals surface area contributed by atoms with E-state index < -0.39 is 0 Å². The number of benzene rings is 1. The van der Waals surface area contributed by atoms with Crippen LogP contribution in [0.15, 0.2) is 24.3 Å². The number of hydrogen-bond acceptors (Lipinski definition) is 3. The van der Waals surface area contributed by atoms with E-state index in [1.54, 1.807) is 12.1 Å². The molecule has 0 saturated heterocycles. The highest BCUT2D eigenvalue weighted by Gasteiger charge is 2.25. The van der Waals surface area contributed by atoms with Crippen molar-refractivity contribution in [2.75, 3.05) is 12.3 Å². The zero-order chi connectivity index (χ0) is 15.2. The zero-order valence-electron chi connectivity index (χ0n) is 13.0. The summed E-state index contributed by atoms with van der Waals surface area (Å²) in [6.45, 7) is 4.96. The van der Waals surface area contributed by atoms with Gasteiger partial charge in [-0.25, -0.2) is 0 Å². The SMILES string of the molecule is CC1CCC(NC(=O)CCOc2ccc(N)cc2)CC1C. The molecule has 1 aliphatic carbocycles. The summed E-state index contributed by atoms with van der Waals surface area (Å²) in [5.41, 5.74) is 6.32. The van der Waals surface area contributed by atoms with E-state index in [4.69, 9.17) is 10.5 Å². The molecule has 3 unspecified atom stereocenters. The fraction of sp³-hybridized carbons (Fsp3) is 0.588. The first-order chi connectivity index (χ1) is 10.0. The first kappa shape index (κ1) is 15.7. The van der Waals surface area contributed by atoms with Crippen LogP contribution in [-0.2, 0) is 4.79 Å². The molecule has 1 aromatic rings. The van der Waals surface area contributed by atoms with Gasteiger partial charge in [0, 0.05) is 11.7 Å². The highest BCUT2D eigenvalue weighted by Crippen LogP contribution is 2.29. The summed E-state index contributed by atoms with van der Waals surface area (Å²) in [5, 5.41) is 3.13. The molecule has 0 radical (unpaired) electrons. The van der Waals surface area contributed by atoms with Crippen molar-refractivity contribution in [2.24, 2.45) is 11.8 Å². The van der Waals surface area contributed by atoms with Crippen LogP contribution in [0.25, 0.3) is 0 Å². The second kappa shape index (κ2) is 7.34. The number of nitrogens with one attached hydrogen (secondary N) is 1. The van der Waals surface area contributed by atoms with Gasteiger partial charge in [-0.2, -0.15) is 0 Å². The number of hydrogen-bond donors (Lipinski definition) is 2. The lowest BCUT2D eigenvalue weighted by Gasteiger charge is -2.32. The van der Waals surface area contributed by atoms with Crippen LogP contribution in [0, 0.1) is 11.8 Å². The van der Waals surface area contributed by atoms with Gasteiger partial charge in [0.1, 0.15) is 5.75 Å². The molecule has 0 spiro atoms. The zero-order valence-corrected chi connectivity index (χ0v) is 13.0. The van der Waals surface area contributed by atoms with Crippen molar-refractivity contribution >= 4 is 11.6 Å². The molecule has 1 amide bonds. The monoisotopic (exact) mass is 290 g/mol. The third-order valence-electron chi connectivity index (χ3n) is 4.44. The highest BCUT2D eigenvalue weighted by atomic mass is 16.5. The quantitative estimate of drug-likeness (QED) is 0.819. The maximum absolute atomic E-state index is 11.9. The minimum Gasteiger partial charge on any atom is -0.493 e. The molecule has 1 aliphatic rings.